The highest BCUT2D eigenvalue weighted by atomic mass is 32.1. The van der Waals surface area contributed by atoms with Crippen LogP contribution in [0.3, 0.4) is 0 Å². The summed E-state index contributed by atoms with van der Waals surface area (Å²) in [6, 6.07) is 4.71. The molecule has 1 amide bonds. The fourth-order valence-corrected chi connectivity index (χ4v) is 3.97. The molecule has 23 heavy (non-hydrogen) atoms. The Morgan fingerprint density at radius 2 is 2.39 bits per heavy atom. The summed E-state index contributed by atoms with van der Waals surface area (Å²) in [5.74, 6) is 0.173. The van der Waals surface area contributed by atoms with Crippen molar-refractivity contribution in [1.29, 1.82) is 0 Å². The number of rotatable bonds is 5. The topological polar surface area (TPSA) is 85.6 Å². The second-order valence-electron chi connectivity index (χ2n) is 5.73. The molecule has 7 nitrogen and oxygen atoms in total. The van der Waals surface area contributed by atoms with Crippen LogP contribution in [0.25, 0.3) is 0 Å². The molecule has 122 valence electrons. The minimum absolute atomic E-state index is 0.0562. The van der Waals surface area contributed by atoms with Crippen LogP contribution < -0.4 is 20.1 Å². The fraction of sp³-hybridized carbons (Fsp3) is 0.467. The zero-order valence-corrected chi connectivity index (χ0v) is 13.4. The molecular formula is C15H17N3O4S. The van der Waals surface area contributed by atoms with E-state index >= 15 is 0 Å². The summed E-state index contributed by atoms with van der Waals surface area (Å²) in [7, 11) is 1.47. The van der Waals surface area contributed by atoms with Crippen LogP contribution in [0.4, 0.5) is 0 Å². The van der Waals surface area contributed by atoms with Crippen LogP contribution in [0.1, 0.15) is 28.9 Å². The molecule has 2 bridgehead atoms. The van der Waals surface area contributed by atoms with Gasteiger partial charge in [-0.1, -0.05) is 11.3 Å². The van der Waals surface area contributed by atoms with E-state index in [1.807, 2.05) is 0 Å². The third kappa shape index (κ3) is 2.91. The van der Waals surface area contributed by atoms with Crippen molar-refractivity contribution in [3.05, 3.63) is 23.2 Å². The number of carbonyl (C=O) groups is 1. The molecule has 2 aliphatic heterocycles. The Labute approximate surface area is 137 Å². The monoisotopic (exact) mass is 335 g/mol. The van der Waals surface area contributed by atoms with Gasteiger partial charge in [0.1, 0.15) is 6.20 Å². The number of thiophene rings is 1. The first-order valence-electron chi connectivity index (χ1n) is 7.55. The second kappa shape index (κ2) is 5.86. The van der Waals surface area contributed by atoms with Crippen molar-refractivity contribution >= 4 is 17.2 Å². The van der Waals surface area contributed by atoms with Crippen LogP contribution >= 0.6 is 11.3 Å². The normalized spacial score (nSPS) is 25.5. The fourth-order valence-electron chi connectivity index (χ4n) is 3.21. The van der Waals surface area contributed by atoms with Gasteiger partial charge in [-0.05, 0) is 31.4 Å². The average molecular weight is 335 g/mol. The molecule has 3 atom stereocenters. The van der Waals surface area contributed by atoms with Crippen LogP contribution in [0.5, 0.6) is 17.1 Å². The van der Waals surface area contributed by atoms with Crippen molar-refractivity contribution in [3.8, 4) is 17.1 Å². The first-order valence-corrected chi connectivity index (χ1v) is 8.37. The number of fused-ring (bicyclic) bond motifs is 2. The van der Waals surface area contributed by atoms with E-state index in [2.05, 4.69) is 15.6 Å². The Bertz CT molecular complexity index is 713. The predicted octanol–water partition coefficient (Wildman–Crippen LogP) is 2.16. The maximum atomic E-state index is 12.4. The summed E-state index contributed by atoms with van der Waals surface area (Å²) < 4.78 is 15.6. The van der Waals surface area contributed by atoms with Gasteiger partial charge in [0.05, 0.1) is 12.0 Å². The Morgan fingerprint density at radius 1 is 1.48 bits per heavy atom. The highest BCUT2D eigenvalue weighted by molar-refractivity contribution is 7.15. The molecule has 2 fully saturated rings. The predicted molar refractivity (Wildman–Crippen MR) is 83.3 cm³/mol. The van der Waals surface area contributed by atoms with Crippen molar-refractivity contribution in [3.63, 3.8) is 0 Å². The van der Waals surface area contributed by atoms with Crippen LogP contribution in [-0.4, -0.2) is 36.1 Å². The minimum Gasteiger partial charge on any atom is -0.453 e. The number of hydrogen-bond donors (Lipinski definition) is 2. The lowest BCUT2D eigenvalue weighted by atomic mass is 9.95. The van der Waals surface area contributed by atoms with E-state index in [1.54, 1.807) is 12.1 Å². The molecule has 0 aliphatic carbocycles. The van der Waals surface area contributed by atoms with Gasteiger partial charge in [-0.3, -0.25) is 4.79 Å². The first kappa shape index (κ1) is 14.5. The molecule has 8 heteroatoms. The van der Waals surface area contributed by atoms with Crippen molar-refractivity contribution in [2.75, 3.05) is 7.11 Å². The van der Waals surface area contributed by atoms with Crippen molar-refractivity contribution in [2.45, 2.75) is 37.4 Å². The standard InChI is InChI=1S/C15H17N3O4S/c1-20-15-16-7-12(22-15)21-13-5-4-11(23-13)14(19)18-10-6-8-2-3-9(10)17-8/h4-5,7-10,17H,2-3,6H2,1H3,(H,18,19)/t8-,9+,10-/m1/s1. The highest BCUT2D eigenvalue weighted by Gasteiger charge is 2.39. The summed E-state index contributed by atoms with van der Waals surface area (Å²) >= 11 is 1.27. The van der Waals surface area contributed by atoms with Crippen LogP contribution in [-0.2, 0) is 0 Å². The summed E-state index contributed by atoms with van der Waals surface area (Å²) in [6.07, 6.45) is 4.94. The number of methoxy groups -OCH3 is 1. The van der Waals surface area contributed by atoms with Crippen molar-refractivity contribution in [2.24, 2.45) is 0 Å². The molecule has 2 N–H and O–H groups in total. The molecule has 0 radical (unpaired) electrons. The summed E-state index contributed by atoms with van der Waals surface area (Å²) in [6.45, 7) is 0. The van der Waals surface area contributed by atoms with Gasteiger partial charge < -0.3 is 24.5 Å². The lowest BCUT2D eigenvalue weighted by Crippen LogP contribution is -2.42. The van der Waals surface area contributed by atoms with E-state index < -0.39 is 0 Å². The summed E-state index contributed by atoms with van der Waals surface area (Å²) in [4.78, 5) is 16.8. The molecule has 0 unspecified atom stereocenters. The maximum absolute atomic E-state index is 12.4. The summed E-state index contributed by atoms with van der Waals surface area (Å²) in [5.41, 5.74) is 0. The Kier molecular flexibility index (Phi) is 3.70. The van der Waals surface area contributed by atoms with Gasteiger partial charge in [-0.2, -0.15) is 4.98 Å². The number of carbonyl (C=O) groups excluding carboxylic acids is 1. The largest absolute Gasteiger partial charge is 0.453 e. The van der Waals surface area contributed by atoms with Gasteiger partial charge in [0.2, 0.25) is 0 Å². The first-order chi connectivity index (χ1) is 11.2. The van der Waals surface area contributed by atoms with Crippen molar-refractivity contribution in [1.82, 2.24) is 15.6 Å². The van der Waals surface area contributed by atoms with Gasteiger partial charge in [0.25, 0.3) is 5.91 Å². The number of amides is 1. The van der Waals surface area contributed by atoms with E-state index in [9.17, 15) is 4.79 Å². The SMILES string of the molecule is COc1ncc(Oc2ccc(C(=O)N[C@@H]3C[C@H]4CC[C@@H]3N4)s2)o1. The van der Waals surface area contributed by atoms with Gasteiger partial charge in [0.15, 0.2) is 5.06 Å². The van der Waals surface area contributed by atoms with E-state index in [0.29, 0.717) is 22.0 Å². The molecule has 4 rings (SSSR count). The van der Waals surface area contributed by atoms with Crippen LogP contribution in [0, 0.1) is 0 Å². The zero-order chi connectivity index (χ0) is 15.8. The molecule has 2 saturated heterocycles. The molecular weight excluding hydrogens is 318 g/mol. The minimum atomic E-state index is -0.0562. The molecule has 0 saturated carbocycles. The number of nitrogens with zero attached hydrogens (tertiary/aromatic N) is 1. The Morgan fingerprint density at radius 3 is 3.09 bits per heavy atom. The molecule has 2 aromatic heterocycles. The highest BCUT2D eigenvalue weighted by Crippen LogP contribution is 2.32. The molecule has 0 aromatic carbocycles. The lowest BCUT2D eigenvalue weighted by Gasteiger charge is -2.20. The molecule has 2 aliphatic rings. The zero-order valence-electron chi connectivity index (χ0n) is 12.6. The van der Waals surface area contributed by atoms with Gasteiger partial charge in [-0.15, -0.1) is 0 Å². The molecule has 2 aromatic rings. The van der Waals surface area contributed by atoms with E-state index in [0.717, 1.165) is 12.8 Å². The van der Waals surface area contributed by atoms with Crippen LogP contribution in [0.15, 0.2) is 22.7 Å². The summed E-state index contributed by atoms with van der Waals surface area (Å²) in [5, 5.41) is 7.20. The van der Waals surface area contributed by atoms with E-state index in [1.165, 1.54) is 31.1 Å². The average Bonchev–Trinajstić information content (AvgIpc) is 3.32. The third-order valence-electron chi connectivity index (χ3n) is 4.26. The number of oxazole rings is 1. The van der Waals surface area contributed by atoms with Gasteiger partial charge >= 0.3 is 12.0 Å². The quantitative estimate of drug-likeness (QED) is 0.871. The van der Waals surface area contributed by atoms with Gasteiger partial charge in [-0.25, -0.2) is 0 Å². The lowest BCUT2D eigenvalue weighted by molar-refractivity contribution is 0.0935. The van der Waals surface area contributed by atoms with Gasteiger partial charge in [0, 0.05) is 18.1 Å². The smallest absolute Gasteiger partial charge is 0.396 e. The van der Waals surface area contributed by atoms with E-state index in [-0.39, 0.29) is 24.0 Å². The van der Waals surface area contributed by atoms with Crippen LogP contribution in [0.2, 0.25) is 0 Å². The Hall–Kier alpha value is -2.06. The van der Waals surface area contributed by atoms with Crippen molar-refractivity contribution < 1.29 is 18.7 Å². The number of nitrogens with one attached hydrogen (secondary N) is 2. The maximum Gasteiger partial charge on any atom is 0.396 e. The number of aromatic nitrogens is 1. The molecule has 0 spiro atoms. The van der Waals surface area contributed by atoms with E-state index in [4.69, 9.17) is 13.9 Å². The number of hydrogen-bond acceptors (Lipinski definition) is 7. The Balaban J connectivity index is 1.38. The molecule has 4 heterocycles. The number of ether oxygens (including phenoxy) is 2. The second-order valence-corrected chi connectivity index (χ2v) is 6.78. The third-order valence-corrected chi connectivity index (χ3v) is 5.22.